The lowest BCUT2D eigenvalue weighted by Crippen LogP contribution is -2.51. The molecule has 10 heteroatoms. The highest BCUT2D eigenvalue weighted by Crippen LogP contribution is 2.49. The topological polar surface area (TPSA) is 83.0 Å². The van der Waals surface area contributed by atoms with Crippen LogP contribution < -0.4 is 15.0 Å². The maximum atomic E-state index is 16.9. The largest absolute Gasteiger partial charge is 0.508 e. The number of rotatable bonds is 7. The van der Waals surface area contributed by atoms with Crippen LogP contribution in [0.15, 0.2) is 36.4 Å². The molecule has 4 aromatic rings. The molecule has 1 spiro atoms. The van der Waals surface area contributed by atoms with E-state index < -0.39 is 11.6 Å². The van der Waals surface area contributed by atoms with E-state index in [1.54, 1.807) is 6.07 Å². The number of anilines is 1. The van der Waals surface area contributed by atoms with E-state index in [1.165, 1.54) is 30.7 Å². The van der Waals surface area contributed by atoms with Crippen molar-refractivity contribution in [2.24, 2.45) is 10.8 Å². The molecule has 5 heterocycles. The fourth-order valence-electron chi connectivity index (χ4n) is 8.39. The number of fused-ring (bicyclic) bond motifs is 4. The van der Waals surface area contributed by atoms with E-state index in [1.807, 2.05) is 6.07 Å². The van der Waals surface area contributed by atoms with E-state index in [0.29, 0.717) is 51.6 Å². The molecule has 0 amide bonds. The Morgan fingerprint density at radius 3 is 2.55 bits per heavy atom. The van der Waals surface area contributed by atoms with Gasteiger partial charge in [-0.2, -0.15) is 9.97 Å². The number of nitrogens with one attached hydrogen (secondary N) is 1. The van der Waals surface area contributed by atoms with Gasteiger partial charge in [0.05, 0.1) is 25.4 Å². The second kappa shape index (κ2) is 10.7. The SMILES string of the molecule is C#Cc1c(F)ccc2cc(O)cc(-c3ccc4c(N5CC6CCC(C5)N6)nc(OCC5(CN6CCC7(COC7)C6)CC5)nc4c3F)c12. The van der Waals surface area contributed by atoms with Crippen molar-refractivity contribution in [1.29, 1.82) is 0 Å². The van der Waals surface area contributed by atoms with Gasteiger partial charge >= 0.3 is 6.01 Å². The number of phenols is 1. The number of hydrogen-bond acceptors (Lipinski definition) is 8. The van der Waals surface area contributed by atoms with Gasteiger partial charge < -0.3 is 29.7 Å². The Morgan fingerprint density at radius 1 is 1.04 bits per heavy atom. The highest BCUT2D eigenvalue weighted by atomic mass is 19.1. The highest BCUT2D eigenvalue weighted by molar-refractivity contribution is 6.04. The van der Waals surface area contributed by atoms with Crippen molar-refractivity contribution < 1.29 is 23.4 Å². The first-order chi connectivity index (χ1) is 22.8. The third kappa shape index (κ3) is 4.98. The van der Waals surface area contributed by atoms with Gasteiger partial charge in [-0.3, -0.25) is 0 Å². The minimum absolute atomic E-state index is 0.0178. The molecule has 1 aliphatic carbocycles. The van der Waals surface area contributed by atoms with E-state index >= 15 is 4.39 Å². The Morgan fingerprint density at radius 2 is 1.85 bits per heavy atom. The molecule has 9 rings (SSSR count). The van der Waals surface area contributed by atoms with E-state index in [0.717, 1.165) is 71.6 Å². The fourth-order valence-corrected chi connectivity index (χ4v) is 8.39. The average molecular weight is 638 g/mol. The molecule has 1 saturated carbocycles. The standard InChI is InChI=1S/C37H37F2N5O3/c1-2-26-30(38)8-3-22-13-25(45)14-29(31(22)26)27-6-7-28-33(32(27)39)41-35(42-34(28)44-15-23-4-5-24(16-44)40-23)47-21-36(9-10-36)17-43-12-11-37(18-43)19-46-20-37/h1,3,6-8,13-14,23-24,40,45H,4-5,9-12,15-21H2. The van der Waals surface area contributed by atoms with Crippen LogP contribution in [0.2, 0.25) is 0 Å². The van der Waals surface area contributed by atoms with Gasteiger partial charge in [0.2, 0.25) is 0 Å². The van der Waals surface area contributed by atoms with Crippen LogP contribution in [-0.4, -0.2) is 84.6 Å². The van der Waals surface area contributed by atoms with Gasteiger partial charge in [-0.05, 0) is 73.9 Å². The molecule has 5 aliphatic rings. The van der Waals surface area contributed by atoms with Gasteiger partial charge in [0.1, 0.15) is 22.9 Å². The van der Waals surface area contributed by atoms with Crippen LogP contribution in [0, 0.1) is 34.8 Å². The van der Waals surface area contributed by atoms with Crippen molar-refractivity contribution >= 4 is 27.5 Å². The molecule has 3 aromatic carbocycles. The third-order valence-electron chi connectivity index (χ3n) is 11.1. The molecule has 2 N–H and O–H groups in total. The highest BCUT2D eigenvalue weighted by Gasteiger charge is 2.50. The van der Waals surface area contributed by atoms with Crippen LogP contribution in [0.4, 0.5) is 14.6 Å². The number of likely N-dealkylation sites (tertiary alicyclic amines) is 1. The van der Waals surface area contributed by atoms with Gasteiger partial charge in [-0.15, -0.1) is 6.42 Å². The van der Waals surface area contributed by atoms with Crippen molar-refractivity contribution in [3.05, 3.63) is 53.6 Å². The zero-order valence-corrected chi connectivity index (χ0v) is 26.2. The number of piperazine rings is 1. The maximum absolute atomic E-state index is 16.9. The number of halogens is 2. The van der Waals surface area contributed by atoms with Gasteiger partial charge in [0, 0.05) is 65.4 Å². The second-order valence-corrected chi connectivity index (χ2v) is 14.6. The summed E-state index contributed by atoms with van der Waals surface area (Å²) in [5.74, 6) is 1.82. The summed E-state index contributed by atoms with van der Waals surface area (Å²) >= 11 is 0. The monoisotopic (exact) mass is 637 g/mol. The average Bonchev–Trinajstić information content (AvgIpc) is 3.53. The Hall–Kier alpha value is -4.04. The number of hydrogen-bond donors (Lipinski definition) is 2. The molecule has 8 nitrogen and oxygen atoms in total. The first-order valence-electron chi connectivity index (χ1n) is 16.7. The molecule has 4 saturated heterocycles. The van der Waals surface area contributed by atoms with Crippen molar-refractivity contribution in [2.75, 3.05) is 57.4 Å². The normalized spacial score (nSPS) is 24.1. The van der Waals surface area contributed by atoms with Crippen molar-refractivity contribution in [3.63, 3.8) is 0 Å². The Bertz CT molecular complexity index is 1960. The number of terminal acetylenes is 1. The molecule has 0 radical (unpaired) electrons. The number of ether oxygens (including phenoxy) is 2. The predicted molar refractivity (Wildman–Crippen MR) is 176 cm³/mol. The molecule has 2 atom stereocenters. The van der Waals surface area contributed by atoms with Crippen molar-refractivity contribution in [3.8, 4) is 35.2 Å². The minimum atomic E-state index is -0.598. The summed E-state index contributed by atoms with van der Waals surface area (Å²) in [5.41, 5.74) is 0.979. The van der Waals surface area contributed by atoms with Crippen LogP contribution in [0.1, 0.15) is 37.7 Å². The first-order valence-corrected chi connectivity index (χ1v) is 16.7. The summed E-state index contributed by atoms with van der Waals surface area (Å²) in [5, 5.41) is 15.7. The summed E-state index contributed by atoms with van der Waals surface area (Å²) in [6.45, 7) is 6.83. The number of nitrogens with zero attached hydrogens (tertiary/aromatic N) is 4. The Balaban J connectivity index is 1.11. The molecule has 5 fully saturated rings. The molecule has 2 unspecified atom stereocenters. The summed E-state index contributed by atoms with van der Waals surface area (Å²) in [6.07, 6.45) is 11.2. The smallest absolute Gasteiger partial charge is 0.319 e. The van der Waals surface area contributed by atoms with Crippen LogP contribution in [0.5, 0.6) is 11.8 Å². The van der Waals surface area contributed by atoms with Gasteiger partial charge in [0.15, 0.2) is 5.82 Å². The van der Waals surface area contributed by atoms with E-state index in [-0.39, 0.29) is 33.8 Å². The molecule has 47 heavy (non-hydrogen) atoms. The minimum Gasteiger partial charge on any atom is -0.508 e. The molecular formula is C37H37F2N5O3. The molecular weight excluding hydrogens is 600 g/mol. The van der Waals surface area contributed by atoms with Crippen LogP contribution in [0.3, 0.4) is 0 Å². The number of aromatic hydroxyl groups is 1. The molecule has 2 bridgehead atoms. The predicted octanol–water partition coefficient (Wildman–Crippen LogP) is 5.24. The Kier molecular flexibility index (Phi) is 6.66. The zero-order valence-electron chi connectivity index (χ0n) is 26.2. The molecule has 1 aromatic heterocycles. The van der Waals surface area contributed by atoms with Gasteiger partial charge in [-0.25, -0.2) is 8.78 Å². The summed E-state index contributed by atoms with van der Waals surface area (Å²) < 4.78 is 43.7. The van der Waals surface area contributed by atoms with E-state index in [2.05, 4.69) is 26.0 Å². The van der Waals surface area contributed by atoms with E-state index in [4.69, 9.17) is 20.9 Å². The van der Waals surface area contributed by atoms with Crippen LogP contribution in [-0.2, 0) is 4.74 Å². The lowest BCUT2D eigenvalue weighted by Gasteiger charge is -2.38. The van der Waals surface area contributed by atoms with Crippen LogP contribution in [0.25, 0.3) is 32.8 Å². The summed E-state index contributed by atoms with van der Waals surface area (Å²) in [6, 6.07) is 10.0. The maximum Gasteiger partial charge on any atom is 0.319 e. The molecule has 4 aliphatic heterocycles. The number of phenolic OH excluding ortho intramolecular Hbond substituents is 1. The quantitative estimate of drug-likeness (QED) is 0.267. The third-order valence-corrected chi connectivity index (χ3v) is 11.1. The van der Waals surface area contributed by atoms with Gasteiger partial charge in [0.25, 0.3) is 0 Å². The molecule has 242 valence electrons. The van der Waals surface area contributed by atoms with Crippen molar-refractivity contribution in [2.45, 2.75) is 44.2 Å². The first kappa shape index (κ1) is 29.1. The Labute approximate surface area is 272 Å². The van der Waals surface area contributed by atoms with E-state index in [9.17, 15) is 9.50 Å². The van der Waals surface area contributed by atoms with Crippen molar-refractivity contribution in [1.82, 2.24) is 20.2 Å². The summed E-state index contributed by atoms with van der Waals surface area (Å²) in [4.78, 5) is 14.4. The van der Waals surface area contributed by atoms with Crippen LogP contribution >= 0.6 is 0 Å². The number of benzene rings is 3. The van der Waals surface area contributed by atoms with Gasteiger partial charge in [-0.1, -0.05) is 18.1 Å². The zero-order chi connectivity index (χ0) is 31.9. The lowest BCUT2D eigenvalue weighted by atomic mass is 9.85. The second-order valence-electron chi connectivity index (χ2n) is 14.6. The number of aromatic nitrogens is 2. The lowest BCUT2D eigenvalue weighted by molar-refractivity contribution is -0.105. The summed E-state index contributed by atoms with van der Waals surface area (Å²) in [7, 11) is 0. The fraction of sp³-hybridized carbons (Fsp3) is 0.459.